The molecular formula is C17H19FN4O. The molecule has 1 amide bonds. The maximum absolute atomic E-state index is 12.9. The van der Waals surface area contributed by atoms with E-state index in [1.165, 1.54) is 17.7 Å². The molecule has 2 aromatic rings. The highest BCUT2D eigenvalue weighted by Crippen LogP contribution is 2.11. The SMILES string of the molecule is Cc1ccc(NC2NNC(Cc3ccc(F)cc3)C(=O)N2)cc1. The summed E-state index contributed by atoms with van der Waals surface area (Å²) in [6, 6.07) is 13.6. The summed E-state index contributed by atoms with van der Waals surface area (Å²) in [4.78, 5) is 12.2. The van der Waals surface area contributed by atoms with Gasteiger partial charge in [-0.25, -0.2) is 15.2 Å². The van der Waals surface area contributed by atoms with Gasteiger partial charge in [0.25, 0.3) is 0 Å². The van der Waals surface area contributed by atoms with E-state index in [-0.39, 0.29) is 11.7 Å². The molecule has 6 heteroatoms. The molecule has 1 aliphatic rings. The average Bonchev–Trinajstić information content (AvgIpc) is 2.54. The maximum atomic E-state index is 12.9. The summed E-state index contributed by atoms with van der Waals surface area (Å²) in [6.45, 7) is 2.02. The minimum Gasteiger partial charge on any atom is -0.352 e. The fourth-order valence-corrected chi connectivity index (χ4v) is 2.42. The van der Waals surface area contributed by atoms with Crippen molar-refractivity contribution in [3.63, 3.8) is 0 Å². The van der Waals surface area contributed by atoms with Gasteiger partial charge in [-0.3, -0.25) is 4.79 Å². The Bertz CT molecular complexity index is 672. The molecule has 2 aromatic carbocycles. The number of hydrogen-bond donors (Lipinski definition) is 4. The van der Waals surface area contributed by atoms with Crippen LogP contribution in [0.3, 0.4) is 0 Å². The third kappa shape index (κ3) is 4.06. The van der Waals surface area contributed by atoms with Crippen LogP contribution in [0.2, 0.25) is 0 Å². The highest BCUT2D eigenvalue weighted by molar-refractivity contribution is 5.83. The number of benzene rings is 2. The highest BCUT2D eigenvalue weighted by Gasteiger charge is 2.27. The van der Waals surface area contributed by atoms with Crippen LogP contribution >= 0.6 is 0 Å². The van der Waals surface area contributed by atoms with Crippen LogP contribution in [-0.2, 0) is 11.2 Å². The van der Waals surface area contributed by atoms with Crippen molar-refractivity contribution in [2.24, 2.45) is 0 Å². The fraction of sp³-hybridized carbons (Fsp3) is 0.235. The van der Waals surface area contributed by atoms with Crippen LogP contribution in [0.25, 0.3) is 0 Å². The number of anilines is 1. The molecule has 0 radical (unpaired) electrons. The summed E-state index contributed by atoms with van der Waals surface area (Å²) < 4.78 is 12.9. The lowest BCUT2D eigenvalue weighted by Gasteiger charge is -2.32. The molecule has 0 bridgehead atoms. The first-order valence-electron chi connectivity index (χ1n) is 7.49. The number of carbonyl (C=O) groups is 1. The van der Waals surface area contributed by atoms with Gasteiger partial charge in [0.15, 0.2) is 6.29 Å². The number of hydrazine groups is 1. The molecule has 2 atom stereocenters. The zero-order valence-corrected chi connectivity index (χ0v) is 12.8. The van der Waals surface area contributed by atoms with E-state index in [9.17, 15) is 9.18 Å². The topological polar surface area (TPSA) is 65.2 Å². The molecule has 0 aromatic heterocycles. The van der Waals surface area contributed by atoms with E-state index in [2.05, 4.69) is 21.5 Å². The molecule has 23 heavy (non-hydrogen) atoms. The lowest BCUT2D eigenvalue weighted by Crippen LogP contribution is -2.68. The number of amides is 1. The monoisotopic (exact) mass is 314 g/mol. The zero-order valence-electron chi connectivity index (χ0n) is 12.8. The van der Waals surface area contributed by atoms with E-state index >= 15 is 0 Å². The van der Waals surface area contributed by atoms with Gasteiger partial charge in [-0.2, -0.15) is 0 Å². The molecule has 1 fully saturated rings. The number of carbonyl (C=O) groups excluding carboxylic acids is 1. The van der Waals surface area contributed by atoms with Crippen molar-refractivity contribution in [2.75, 3.05) is 5.32 Å². The van der Waals surface area contributed by atoms with Gasteiger partial charge in [0.1, 0.15) is 11.9 Å². The lowest BCUT2D eigenvalue weighted by molar-refractivity contribution is -0.126. The molecule has 1 aliphatic heterocycles. The van der Waals surface area contributed by atoms with Crippen LogP contribution in [0.1, 0.15) is 11.1 Å². The minimum absolute atomic E-state index is 0.113. The van der Waals surface area contributed by atoms with Crippen molar-refractivity contribution in [2.45, 2.75) is 25.7 Å². The Hall–Kier alpha value is -2.44. The van der Waals surface area contributed by atoms with E-state index < -0.39 is 12.3 Å². The van der Waals surface area contributed by atoms with Crippen LogP contribution in [0.5, 0.6) is 0 Å². The molecular weight excluding hydrogens is 295 g/mol. The van der Waals surface area contributed by atoms with Crippen molar-refractivity contribution in [3.8, 4) is 0 Å². The van der Waals surface area contributed by atoms with Gasteiger partial charge in [0.05, 0.1) is 0 Å². The zero-order chi connectivity index (χ0) is 16.2. The number of aryl methyl sites for hydroxylation is 1. The Balaban J connectivity index is 1.55. The Labute approximate surface area is 134 Å². The quantitative estimate of drug-likeness (QED) is 0.693. The predicted molar refractivity (Wildman–Crippen MR) is 86.9 cm³/mol. The van der Waals surface area contributed by atoms with Gasteiger partial charge in [-0.1, -0.05) is 29.8 Å². The predicted octanol–water partition coefficient (Wildman–Crippen LogP) is 1.66. The molecule has 1 saturated heterocycles. The molecule has 0 aliphatic carbocycles. The van der Waals surface area contributed by atoms with E-state index in [0.717, 1.165) is 11.3 Å². The third-order valence-corrected chi connectivity index (χ3v) is 3.72. The highest BCUT2D eigenvalue weighted by atomic mass is 19.1. The average molecular weight is 314 g/mol. The number of rotatable bonds is 4. The standard InChI is InChI=1S/C17H19FN4O/c1-11-2-8-14(9-3-11)19-17-20-16(23)15(21-22-17)10-12-4-6-13(18)7-5-12/h2-9,15,17,19,21-22H,10H2,1H3,(H,20,23). The van der Waals surface area contributed by atoms with Crippen LogP contribution in [0.15, 0.2) is 48.5 Å². The Morgan fingerprint density at radius 2 is 1.74 bits per heavy atom. The van der Waals surface area contributed by atoms with Crippen molar-refractivity contribution < 1.29 is 9.18 Å². The Kier molecular flexibility index (Phi) is 4.55. The number of nitrogens with one attached hydrogen (secondary N) is 4. The van der Waals surface area contributed by atoms with Crippen LogP contribution in [-0.4, -0.2) is 18.2 Å². The summed E-state index contributed by atoms with van der Waals surface area (Å²) in [5.41, 5.74) is 9.00. The summed E-state index contributed by atoms with van der Waals surface area (Å²) in [5, 5.41) is 6.04. The number of halogens is 1. The van der Waals surface area contributed by atoms with Gasteiger partial charge in [-0.05, 0) is 43.2 Å². The molecule has 4 N–H and O–H groups in total. The molecule has 3 rings (SSSR count). The summed E-state index contributed by atoms with van der Waals surface area (Å²) in [6.07, 6.45) is 0.0887. The molecule has 0 saturated carbocycles. The summed E-state index contributed by atoms with van der Waals surface area (Å²) >= 11 is 0. The Morgan fingerprint density at radius 1 is 1.04 bits per heavy atom. The molecule has 0 spiro atoms. The molecule has 2 unspecified atom stereocenters. The molecule has 5 nitrogen and oxygen atoms in total. The second-order valence-electron chi connectivity index (χ2n) is 5.62. The van der Waals surface area contributed by atoms with Crippen LogP contribution in [0, 0.1) is 12.7 Å². The van der Waals surface area contributed by atoms with E-state index in [1.54, 1.807) is 12.1 Å². The largest absolute Gasteiger partial charge is 0.352 e. The van der Waals surface area contributed by atoms with Crippen LogP contribution in [0.4, 0.5) is 10.1 Å². The lowest BCUT2D eigenvalue weighted by atomic mass is 10.1. The van der Waals surface area contributed by atoms with Gasteiger partial charge in [0, 0.05) is 5.69 Å². The van der Waals surface area contributed by atoms with E-state index in [1.807, 2.05) is 31.2 Å². The maximum Gasteiger partial charge on any atom is 0.241 e. The van der Waals surface area contributed by atoms with Crippen LogP contribution < -0.4 is 21.5 Å². The Morgan fingerprint density at radius 3 is 2.39 bits per heavy atom. The summed E-state index contributed by atoms with van der Waals surface area (Å²) in [5.74, 6) is -0.395. The van der Waals surface area contributed by atoms with E-state index in [4.69, 9.17) is 0 Å². The van der Waals surface area contributed by atoms with Gasteiger partial charge in [-0.15, -0.1) is 0 Å². The first-order chi connectivity index (χ1) is 11.1. The second kappa shape index (κ2) is 6.76. The second-order valence-corrected chi connectivity index (χ2v) is 5.62. The van der Waals surface area contributed by atoms with Crippen molar-refractivity contribution in [1.29, 1.82) is 0 Å². The van der Waals surface area contributed by atoms with Crippen molar-refractivity contribution in [1.82, 2.24) is 16.2 Å². The summed E-state index contributed by atoms with van der Waals surface area (Å²) in [7, 11) is 0. The number of hydrogen-bond acceptors (Lipinski definition) is 4. The van der Waals surface area contributed by atoms with Gasteiger partial charge >= 0.3 is 0 Å². The van der Waals surface area contributed by atoms with Gasteiger partial charge in [0.2, 0.25) is 5.91 Å². The molecule has 120 valence electrons. The minimum atomic E-state index is -0.406. The van der Waals surface area contributed by atoms with Crippen molar-refractivity contribution >= 4 is 11.6 Å². The van der Waals surface area contributed by atoms with Crippen molar-refractivity contribution in [3.05, 3.63) is 65.5 Å². The third-order valence-electron chi connectivity index (χ3n) is 3.72. The van der Waals surface area contributed by atoms with E-state index in [0.29, 0.717) is 6.42 Å². The molecule has 1 heterocycles. The first-order valence-corrected chi connectivity index (χ1v) is 7.49. The normalized spacial score (nSPS) is 20.9. The van der Waals surface area contributed by atoms with Gasteiger partial charge < -0.3 is 10.6 Å². The fourth-order valence-electron chi connectivity index (χ4n) is 2.42. The first kappa shape index (κ1) is 15.5. The smallest absolute Gasteiger partial charge is 0.241 e.